The highest BCUT2D eigenvalue weighted by atomic mass is 16.3. The molecule has 10 aromatic carbocycles. The van der Waals surface area contributed by atoms with Crippen molar-refractivity contribution in [2.24, 2.45) is 0 Å². The van der Waals surface area contributed by atoms with E-state index in [-0.39, 0.29) is 0 Å². The Morgan fingerprint density at radius 1 is 0.275 bits per heavy atom. The van der Waals surface area contributed by atoms with Crippen LogP contribution < -0.4 is 0 Å². The van der Waals surface area contributed by atoms with Gasteiger partial charge in [0, 0.05) is 10.8 Å². The maximum absolute atomic E-state index is 6.53. The van der Waals surface area contributed by atoms with E-state index in [1.54, 1.807) is 0 Å². The molecule has 0 N–H and O–H groups in total. The molecule has 1 heterocycles. The van der Waals surface area contributed by atoms with Crippen molar-refractivity contribution >= 4 is 75.8 Å². The van der Waals surface area contributed by atoms with Crippen molar-refractivity contribution in [3.05, 3.63) is 182 Å². The second-order valence-corrected chi connectivity index (χ2v) is 13.6. The van der Waals surface area contributed by atoms with Gasteiger partial charge in [0.15, 0.2) is 0 Å². The van der Waals surface area contributed by atoms with E-state index in [9.17, 15) is 0 Å². The molecule has 0 bridgehead atoms. The summed E-state index contributed by atoms with van der Waals surface area (Å²) in [5.41, 5.74) is 9.16. The molecule has 0 fully saturated rings. The van der Waals surface area contributed by atoms with Gasteiger partial charge in [-0.2, -0.15) is 0 Å². The Bertz CT molecular complexity index is 3190. The molecule has 0 amide bonds. The molecule has 1 nitrogen and oxygen atoms in total. The average Bonchev–Trinajstić information content (AvgIpc) is 3.58. The molecule has 0 saturated heterocycles. The minimum Gasteiger partial charge on any atom is -0.456 e. The fourth-order valence-electron chi connectivity index (χ4n) is 8.55. The van der Waals surface area contributed by atoms with Gasteiger partial charge < -0.3 is 4.42 Å². The Balaban J connectivity index is 1.24. The lowest BCUT2D eigenvalue weighted by molar-refractivity contribution is 0.669. The first kappa shape index (κ1) is 28.2. The molecule has 0 atom stereocenters. The van der Waals surface area contributed by atoms with Gasteiger partial charge in [-0.15, -0.1) is 0 Å². The lowest BCUT2D eigenvalue weighted by atomic mass is 9.83. The highest BCUT2D eigenvalue weighted by Crippen LogP contribution is 2.48. The van der Waals surface area contributed by atoms with Crippen LogP contribution in [0.1, 0.15) is 0 Å². The van der Waals surface area contributed by atoms with E-state index in [4.69, 9.17) is 4.42 Å². The topological polar surface area (TPSA) is 13.1 Å². The third-order valence-electron chi connectivity index (χ3n) is 10.8. The molecule has 0 aliphatic heterocycles. The summed E-state index contributed by atoms with van der Waals surface area (Å²) in [5.74, 6) is 0. The van der Waals surface area contributed by atoms with Crippen molar-refractivity contribution < 1.29 is 4.42 Å². The molecule has 236 valence electrons. The zero-order chi connectivity index (χ0) is 33.5. The van der Waals surface area contributed by atoms with Crippen LogP contribution in [0.25, 0.3) is 109 Å². The van der Waals surface area contributed by atoms with Crippen LogP contribution in [-0.4, -0.2) is 0 Å². The molecule has 1 heteroatoms. The molecule has 0 aliphatic carbocycles. The number of fused-ring (bicyclic) bond motifs is 9. The maximum Gasteiger partial charge on any atom is 0.136 e. The molecule has 0 aliphatic rings. The molecule has 1 aromatic heterocycles. The second-order valence-electron chi connectivity index (χ2n) is 13.6. The van der Waals surface area contributed by atoms with E-state index in [2.05, 4.69) is 182 Å². The van der Waals surface area contributed by atoms with Crippen LogP contribution in [-0.2, 0) is 0 Å². The Labute approximate surface area is 294 Å². The first-order chi connectivity index (χ1) is 25.3. The van der Waals surface area contributed by atoms with Crippen molar-refractivity contribution in [2.45, 2.75) is 0 Å². The highest BCUT2D eigenvalue weighted by Gasteiger charge is 2.20. The van der Waals surface area contributed by atoms with Crippen molar-refractivity contribution in [3.8, 4) is 33.4 Å². The van der Waals surface area contributed by atoms with Crippen LogP contribution in [0.4, 0.5) is 0 Å². The molecular formula is C50H30O. The van der Waals surface area contributed by atoms with Crippen LogP contribution in [0.5, 0.6) is 0 Å². The van der Waals surface area contributed by atoms with Crippen LogP contribution in [0.3, 0.4) is 0 Å². The zero-order valence-corrected chi connectivity index (χ0v) is 27.7. The molecule has 0 spiro atoms. The van der Waals surface area contributed by atoms with Gasteiger partial charge in [-0.05, 0) is 112 Å². The summed E-state index contributed by atoms with van der Waals surface area (Å²) in [7, 11) is 0. The first-order valence-electron chi connectivity index (χ1n) is 17.6. The summed E-state index contributed by atoms with van der Waals surface area (Å²) in [4.78, 5) is 0. The maximum atomic E-state index is 6.53. The standard InChI is InChI=1S/C50H30O/c1-4-16-36-31(11-1)14-9-21-39(36)48-41-19-7-8-20-42(41)49(40-22-10-15-32-12-2-5-17-37(32)40)45-29-34(23-26-43(45)48)35-24-27-44-47(30-35)51-46-28-25-33-13-3-6-18-38(33)50(44)46/h1-30H. The van der Waals surface area contributed by atoms with Crippen molar-refractivity contribution in [1.29, 1.82) is 0 Å². The largest absolute Gasteiger partial charge is 0.456 e. The lowest BCUT2D eigenvalue weighted by Gasteiger charge is -2.20. The van der Waals surface area contributed by atoms with Crippen LogP contribution in [0.2, 0.25) is 0 Å². The summed E-state index contributed by atoms with van der Waals surface area (Å²) in [6, 6.07) is 66.4. The van der Waals surface area contributed by atoms with Gasteiger partial charge in [-0.1, -0.05) is 158 Å². The van der Waals surface area contributed by atoms with E-state index in [0.717, 1.165) is 27.7 Å². The summed E-state index contributed by atoms with van der Waals surface area (Å²) >= 11 is 0. The molecule has 0 unspecified atom stereocenters. The number of furan rings is 1. The molecule has 0 radical (unpaired) electrons. The number of hydrogen-bond acceptors (Lipinski definition) is 1. The van der Waals surface area contributed by atoms with Gasteiger partial charge in [-0.25, -0.2) is 0 Å². The van der Waals surface area contributed by atoms with Crippen molar-refractivity contribution in [2.75, 3.05) is 0 Å². The minimum atomic E-state index is 0.906. The predicted molar refractivity (Wildman–Crippen MR) is 218 cm³/mol. The fourth-order valence-corrected chi connectivity index (χ4v) is 8.55. The molecule has 0 saturated carbocycles. The van der Waals surface area contributed by atoms with Crippen LogP contribution in [0.15, 0.2) is 186 Å². The monoisotopic (exact) mass is 646 g/mol. The van der Waals surface area contributed by atoms with Crippen LogP contribution in [0, 0.1) is 0 Å². The minimum absolute atomic E-state index is 0.906. The van der Waals surface area contributed by atoms with Gasteiger partial charge in [-0.3, -0.25) is 0 Å². The lowest BCUT2D eigenvalue weighted by Crippen LogP contribution is -1.93. The average molecular weight is 647 g/mol. The summed E-state index contributed by atoms with van der Waals surface area (Å²) in [6.07, 6.45) is 0. The van der Waals surface area contributed by atoms with Gasteiger partial charge in [0.05, 0.1) is 0 Å². The molecule has 51 heavy (non-hydrogen) atoms. The third-order valence-corrected chi connectivity index (χ3v) is 10.8. The smallest absolute Gasteiger partial charge is 0.136 e. The molecular weight excluding hydrogens is 617 g/mol. The van der Waals surface area contributed by atoms with Gasteiger partial charge in [0.2, 0.25) is 0 Å². The Kier molecular flexibility index (Phi) is 6.02. The first-order valence-corrected chi connectivity index (χ1v) is 17.6. The number of benzene rings is 10. The Morgan fingerprint density at radius 3 is 1.39 bits per heavy atom. The van der Waals surface area contributed by atoms with E-state index in [1.165, 1.54) is 81.5 Å². The van der Waals surface area contributed by atoms with Gasteiger partial charge in [0.1, 0.15) is 11.2 Å². The highest BCUT2D eigenvalue weighted by molar-refractivity contribution is 6.26. The predicted octanol–water partition coefficient (Wildman–Crippen LogP) is 14.4. The second kappa shape index (κ2) is 10.9. The summed E-state index contributed by atoms with van der Waals surface area (Å²) in [5, 5.41) is 14.8. The zero-order valence-electron chi connectivity index (χ0n) is 27.7. The van der Waals surface area contributed by atoms with Crippen molar-refractivity contribution in [3.63, 3.8) is 0 Å². The number of rotatable bonds is 3. The SMILES string of the molecule is c1ccc2c(-c3c4ccccc4c(-c4cccc5ccccc45)c4cc(-c5ccc6c(c5)oc5ccc7ccccc7c56)ccc34)cccc2c1. The van der Waals surface area contributed by atoms with Crippen LogP contribution >= 0.6 is 0 Å². The van der Waals surface area contributed by atoms with Gasteiger partial charge >= 0.3 is 0 Å². The van der Waals surface area contributed by atoms with E-state index in [0.29, 0.717) is 0 Å². The summed E-state index contributed by atoms with van der Waals surface area (Å²) in [6.45, 7) is 0. The molecule has 11 aromatic rings. The van der Waals surface area contributed by atoms with E-state index < -0.39 is 0 Å². The third kappa shape index (κ3) is 4.22. The van der Waals surface area contributed by atoms with E-state index in [1.807, 2.05) is 0 Å². The van der Waals surface area contributed by atoms with Gasteiger partial charge in [0.25, 0.3) is 0 Å². The fraction of sp³-hybridized carbons (Fsp3) is 0. The van der Waals surface area contributed by atoms with Crippen molar-refractivity contribution in [1.82, 2.24) is 0 Å². The Morgan fingerprint density at radius 2 is 0.745 bits per heavy atom. The quantitative estimate of drug-likeness (QED) is 0.174. The molecule has 11 rings (SSSR count). The van der Waals surface area contributed by atoms with E-state index >= 15 is 0 Å². The normalized spacial score (nSPS) is 11.9. The number of hydrogen-bond donors (Lipinski definition) is 0. The Hall–Kier alpha value is -6.70. The summed E-state index contributed by atoms with van der Waals surface area (Å²) < 4.78 is 6.53.